The second-order valence-electron chi connectivity index (χ2n) is 4.71. The Labute approximate surface area is 117 Å². The molecule has 0 saturated carbocycles. The van der Waals surface area contributed by atoms with Gasteiger partial charge in [0.2, 0.25) is 0 Å². The maximum atomic E-state index is 10.7. The molecule has 0 aromatic heterocycles. The number of aliphatic carboxylic acids is 1. The second-order valence-corrected chi connectivity index (χ2v) is 5.15. The third-order valence-electron chi connectivity index (χ3n) is 3.34. The molecule has 104 valence electrons. The number of anilines is 1. The molecule has 0 bridgehead atoms. The van der Waals surface area contributed by atoms with Crippen LogP contribution in [-0.2, 0) is 4.79 Å². The standard InChI is InChI=1S/C13H18ClN3O2/c14-10-1-3-11(4-2-10)17-7-5-16(6-8-17)9-12(15)13(18)19/h1-4,12H,5-9,15H2,(H,18,19). The first kappa shape index (κ1) is 14.1. The number of hydrogen-bond donors (Lipinski definition) is 2. The predicted molar refractivity (Wildman–Crippen MR) is 75.7 cm³/mol. The first-order valence-corrected chi connectivity index (χ1v) is 6.65. The highest BCUT2D eigenvalue weighted by molar-refractivity contribution is 6.30. The summed E-state index contributed by atoms with van der Waals surface area (Å²) < 4.78 is 0. The molecule has 0 aliphatic carbocycles. The monoisotopic (exact) mass is 283 g/mol. The fraction of sp³-hybridized carbons (Fsp3) is 0.462. The van der Waals surface area contributed by atoms with Crippen LogP contribution in [0.2, 0.25) is 5.02 Å². The number of piperazine rings is 1. The van der Waals surface area contributed by atoms with Gasteiger partial charge in [-0.2, -0.15) is 0 Å². The predicted octanol–water partition coefficient (Wildman–Crippen LogP) is 0.874. The Bertz CT molecular complexity index is 430. The van der Waals surface area contributed by atoms with Gasteiger partial charge >= 0.3 is 5.97 Å². The van der Waals surface area contributed by atoms with E-state index in [0.29, 0.717) is 6.54 Å². The van der Waals surface area contributed by atoms with Crippen LogP contribution < -0.4 is 10.6 Å². The van der Waals surface area contributed by atoms with Crippen molar-refractivity contribution in [3.63, 3.8) is 0 Å². The molecule has 1 unspecified atom stereocenters. The smallest absolute Gasteiger partial charge is 0.321 e. The molecule has 1 aliphatic rings. The molecule has 1 aromatic rings. The van der Waals surface area contributed by atoms with Gasteiger partial charge in [0.25, 0.3) is 0 Å². The number of carboxylic acids is 1. The van der Waals surface area contributed by atoms with Crippen molar-refractivity contribution in [1.82, 2.24) is 4.90 Å². The van der Waals surface area contributed by atoms with E-state index in [4.69, 9.17) is 22.4 Å². The average Bonchev–Trinajstić information content (AvgIpc) is 2.40. The van der Waals surface area contributed by atoms with Crippen molar-refractivity contribution in [2.24, 2.45) is 5.73 Å². The van der Waals surface area contributed by atoms with E-state index in [1.54, 1.807) is 0 Å². The van der Waals surface area contributed by atoms with Gasteiger partial charge in [-0.1, -0.05) is 11.6 Å². The number of nitrogens with two attached hydrogens (primary N) is 1. The lowest BCUT2D eigenvalue weighted by Gasteiger charge is -2.36. The zero-order valence-corrected chi connectivity index (χ0v) is 11.4. The molecule has 0 radical (unpaired) electrons. The lowest BCUT2D eigenvalue weighted by Crippen LogP contribution is -2.51. The Morgan fingerprint density at radius 2 is 1.84 bits per heavy atom. The Balaban J connectivity index is 1.85. The Morgan fingerprint density at radius 3 is 2.37 bits per heavy atom. The summed E-state index contributed by atoms with van der Waals surface area (Å²) in [6.07, 6.45) is 0. The molecule has 0 spiro atoms. The normalized spacial score (nSPS) is 18.3. The summed E-state index contributed by atoms with van der Waals surface area (Å²) in [6.45, 7) is 3.79. The second kappa shape index (κ2) is 6.23. The largest absolute Gasteiger partial charge is 0.480 e. The molecular weight excluding hydrogens is 266 g/mol. The summed E-state index contributed by atoms with van der Waals surface area (Å²) in [5.41, 5.74) is 6.69. The molecule has 6 heteroatoms. The molecule has 1 heterocycles. The Hall–Kier alpha value is -1.30. The van der Waals surface area contributed by atoms with E-state index in [1.165, 1.54) is 0 Å². The van der Waals surface area contributed by atoms with Crippen molar-refractivity contribution in [2.45, 2.75) is 6.04 Å². The third-order valence-corrected chi connectivity index (χ3v) is 3.59. The minimum Gasteiger partial charge on any atom is -0.480 e. The van der Waals surface area contributed by atoms with E-state index in [0.717, 1.165) is 36.9 Å². The van der Waals surface area contributed by atoms with E-state index in [-0.39, 0.29) is 0 Å². The molecule has 0 amide bonds. The van der Waals surface area contributed by atoms with Gasteiger partial charge in [0.1, 0.15) is 6.04 Å². The number of nitrogens with zero attached hydrogens (tertiary/aromatic N) is 2. The molecule has 1 fully saturated rings. The van der Waals surface area contributed by atoms with Gasteiger partial charge in [-0.3, -0.25) is 9.69 Å². The summed E-state index contributed by atoms with van der Waals surface area (Å²) in [4.78, 5) is 15.1. The molecule has 1 aromatic carbocycles. The minimum absolute atomic E-state index is 0.407. The number of carboxylic acid groups (broad SMARTS) is 1. The van der Waals surface area contributed by atoms with Crippen molar-refractivity contribution in [2.75, 3.05) is 37.6 Å². The number of carbonyl (C=O) groups is 1. The first-order valence-electron chi connectivity index (χ1n) is 6.27. The van der Waals surface area contributed by atoms with E-state index in [1.807, 2.05) is 24.3 Å². The summed E-state index contributed by atoms with van der Waals surface area (Å²) in [5.74, 6) is -0.944. The topological polar surface area (TPSA) is 69.8 Å². The average molecular weight is 284 g/mol. The molecule has 3 N–H and O–H groups in total. The molecule has 1 saturated heterocycles. The van der Waals surface area contributed by atoms with Gasteiger partial charge in [0, 0.05) is 43.4 Å². The lowest BCUT2D eigenvalue weighted by molar-refractivity contribution is -0.139. The number of benzene rings is 1. The van der Waals surface area contributed by atoms with Gasteiger partial charge in [-0.05, 0) is 24.3 Å². The van der Waals surface area contributed by atoms with Crippen LogP contribution in [0.5, 0.6) is 0 Å². The van der Waals surface area contributed by atoms with Crippen molar-refractivity contribution in [3.8, 4) is 0 Å². The Morgan fingerprint density at radius 1 is 1.26 bits per heavy atom. The highest BCUT2D eigenvalue weighted by atomic mass is 35.5. The van der Waals surface area contributed by atoms with Crippen molar-refractivity contribution >= 4 is 23.3 Å². The van der Waals surface area contributed by atoms with Crippen LogP contribution in [0.15, 0.2) is 24.3 Å². The maximum absolute atomic E-state index is 10.7. The van der Waals surface area contributed by atoms with E-state index >= 15 is 0 Å². The van der Waals surface area contributed by atoms with Gasteiger partial charge in [0.15, 0.2) is 0 Å². The van der Waals surface area contributed by atoms with E-state index < -0.39 is 12.0 Å². The van der Waals surface area contributed by atoms with Gasteiger partial charge in [-0.25, -0.2) is 0 Å². The summed E-state index contributed by atoms with van der Waals surface area (Å²) >= 11 is 5.86. The number of halogens is 1. The third kappa shape index (κ3) is 3.83. The van der Waals surface area contributed by atoms with Crippen molar-refractivity contribution in [3.05, 3.63) is 29.3 Å². The number of hydrogen-bond acceptors (Lipinski definition) is 4. The SMILES string of the molecule is NC(CN1CCN(c2ccc(Cl)cc2)CC1)C(=O)O. The van der Waals surface area contributed by atoms with Crippen LogP contribution in [0.1, 0.15) is 0 Å². The summed E-state index contributed by atoms with van der Waals surface area (Å²) in [6, 6.07) is 6.96. The van der Waals surface area contributed by atoms with Gasteiger partial charge in [0.05, 0.1) is 0 Å². The quantitative estimate of drug-likeness (QED) is 0.858. The van der Waals surface area contributed by atoms with Crippen molar-refractivity contribution in [1.29, 1.82) is 0 Å². The molecule has 2 rings (SSSR count). The van der Waals surface area contributed by atoms with Crippen LogP contribution in [-0.4, -0.2) is 54.7 Å². The molecule has 19 heavy (non-hydrogen) atoms. The fourth-order valence-electron chi connectivity index (χ4n) is 2.20. The van der Waals surface area contributed by atoms with Gasteiger partial charge in [-0.15, -0.1) is 0 Å². The molecule has 1 aliphatic heterocycles. The lowest BCUT2D eigenvalue weighted by atomic mass is 10.2. The minimum atomic E-state index is -0.944. The number of rotatable bonds is 4. The van der Waals surface area contributed by atoms with Crippen LogP contribution in [0.25, 0.3) is 0 Å². The van der Waals surface area contributed by atoms with E-state index in [9.17, 15) is 4.79 Å². The van der Waals surface area contributed by atoms with E-state index in [2.05, 4.69) is 9.80 Å². The van der Waals surface area contributed by atoms with Gasteiger partial charge < -0.3 is 15.7 Å². The fourth-order valence-corrected chi connectivity index (χ4v) is 2.32. The first-order chi connectivity index (χ1) is 9.06. The Kier molecular flexibility index (Phi) is 4.63. The summed E-state index contributed by atoms with van der Waals surface area (Å²) in [5, 5.41) is 9.53. The highest BCUT2D eigenvalue weighted by Crippen LogP contribution is 2.19. The zero-order valence-electron chi connectivity index (χ0n) is 10.6. The van der Waals surface area contributed by atoms with Crippen LogP contribution in [0, 0.1) is 0 Å². The highest BCUT2D eigenvalue weighted by Gasteiger charge is 2.21. The zero-order chi connectivity index (χ0) is 13.8. The van der Waals surface area contributed by atoms with Crippen molar-refractivity contribution < 1.29 is 9.90 Å². The molecule has 5 nitrogen and oxygen atoms in total. The van der Waals surface area contributed by atoms with Crippen LogP contribution in [0.3, 0.4) is 0 Å². The molecular formula is C13H18ClN3O2. The molecule has 1 atom stereocenters. The maximum Gasteiger partial charge on any atom is 0.321 e. The van der Waals surface area contributed by atoms with Crippen LogP contribution >= 0.6 is 11.6 Å². The van der Waals surface area contributed by atoms with Crippen LogP contribution in [0.4, 0.5) is 5.69 Å². The summed E-state index contributed by atoms with van der Waals surface area (Å²) in [7, 11) is 0.